The van der Waals surface area contributed by atoms with Gasteiger partial charge in [0.05, 0.1) is 33.0 Å². The Morgan fingerprint density at radius 2 is 1.93 bits per heavy atom. The van der Waals surface area contributed by atoms with Crippen LogP contribution < -0.4 is 24.4 Å². The molecule has 1 aliphatic rings. The molecular weight excluding hydrogens is 386 g/mol. The highest BCUT2D eigenvalue weighted by Gasteiger charge is 2.31. The predicted octanol–water partition coefficient (Wildman–Crippen LogP) is 1.68. The smallest absolute Gasteiger partial charge is 0.262 e. The molecule has 0 unspecified atom stereocenters. The summed E-state index contributed by atoms with van der Waals surface area (Å²) in [6, 6.07) is 13.0. The number of carbonyl (C=O) groups is 2. The van der Waals surface area contributed by atoms with Gasteiger partial charge in [0.1, 0.15) is 5.75 Å². The fourth-order valence-corrected chi connectivity index (χ4v) is 3.46. The lowest BCUT2D eigenvalue weighted by molar-refractivity contribution is -0.130. The Kier molecular flexibility index (Phi) is 6.66. The van der Waals surface area contributed by atoms with Crippen LogP contribution in [0.2, 0.25) is 0 Å². The van der Waals surface area contributed by atoms with Crippen LogP contribution in [0.3, 0.4) is 0 Å². The lowest BCUT2D eigenvalue weighted by atomic mass is 10.1. The summed E-state index contributed by atoms with van der Waals surface area (Å²) in [7, 11) is 6.46. The van der Waals surface area contributed by atoms with Crippen LogP contribution in [0.15, 0.2) is 42.5 Å². The molecule has 1 heterocycles. The first kappa shape index (κ1) is 21.3. The Labute approximate surface area is 176 Å². The van der Waals surface area contributed by atoms with Gasteiger partial charge >= 0.3 is 0 Å². The number of anilines is 1. The molecule has 0 radical (unpaired) electrons. The molecule has 3 rings (SSSR count). The fourth-order valence-electron chi connectivity index (χ4n) is 3.46. The van der Waals surface area contributed by atoms with Crippen LogP contribution in [0, 0.1) is 0 Å². The van der Waals surface area contributed by atoms with Crippen LogP contribution in [0.25, 0.3) is 0 Å². The average Bonchev–Trinajstić information content (AvgIpc) is 2.77. The molecule has 0 spiro atoms. The second-order valence-electron chi connectivity index (χ2n) is 6.97. The minimum Gasteiger partial charge on any atom is -0.493 e. The predicted molar refractivity (Wildman–Crippen MR) is 113 cm³/mol. The number of methoxy groups -OCH3 is 2. The van der Waals surface area contributed by atoms with E-state index in [1.807, 2.05) is 41.3 Å². The van der Waals surface area contributed by atoms with Gasteiger partial charge in [-0.15, -0.1) is 0 Å². The maximum atomic E-state index is 13.0. The first-order valence-corrected chi connectivity index (χ1v) is 9.64. The first-order chi connectivity index (χ1) is 14.5. The van der Waals surface area contributed by atoms with Gasteiger partial charge in [0.15, 0.2) is 17.6 Å². The summed E-state index contributed by atoms with van der Waals surface area (Å²) in [5, 5.41) is 2.61. The summed E-state index contributed by atoms with van der Waals surface area (Å²) in [5.74, 6) is 1.49. The van der Waals surface area contributed by atoms with Crippen molar-refractivity contribution in [3.8, 4) is 17.2 Å². The highest BCUT2D eigenvalue weighted by Crippen LogP contribution is 2.34. The molecule has 1 atom stereocenters. The van der Waals surface area contributed by atoms with Crippen LogP contribution in [-0.4, -0.2) is 64.2 Å². The van der Waals surface area contributed by atoms with Gasteiger partial charge in [-0.2, -0.15) is 0 Å². The molecule has 0 bridgehead atoms. The van der Waals surface area contributed by atoms with Crippen molar-refractivity contribution < 1.29 is 23.8 Å². The molecule has 2 amide bonds. The second kappa shape index (κ2) is 9.39. The number of hydrogen-bond donors (Lipinski definition) is 1. The van der Waals surface area contributed by atoms with E-state index in [2.05, 4.69) is 5.32 Å². The van der Waals surface area contributed by atoms with Gasteiger partial charge in [0.2, 0.25) is 5.91 Å². The van der Waals surface area contributed by atoms with Crippen molar-refractivity contribution in [1.82, 2.24) is 10.2 Å². The van der Waals surface area contributed by atoms with Crippen LogP contribution in [-0.2, 0) is 16.1 Å². The Bertz CT molecular complexity index is 917. The number of carbonyl (C=O) groups excluding carboxylic acids is 2. The Morgan fingerprint density at radius 1 is 1.17 bits per heavy atom. The molecule has 8 heteroatoms. The molecule has 160 valence electrons. The van der Waals surface area contributed by atoms with Gasteiger partial charge in [0.25, 0.3) is 5.91 Å². The summed E-state index contributed by atoms with van der Waals surface area (Å²) in [5.41, 5.74) is 1.64. The van der Waals surface area contributed by atoms with Crippen LogP contribution in [0.1, 0.15) is 5.56 Å². The number of hydrogen-bond acceptors (Lipinski definition) is 6. The summed E-state index contributed by atoms with van der Waals surface area (Å²) in [6.07, 6.45) is -0.679. The third-order valence-corrected chi connectivity index (χ3v) is 5.04. The van der Waals surface area contributed by atoms with Gasteiger partial charge < -0.3 is 29.3 Å². The first-order valence-electron chi connectivity index (χ1n) is 9.64. The number of likely N-dealkylation sites (N-methyl/N-ethyl adjacent to an activating group) is 2. The van der Waals surface area contributed by atoms with E-state index < -0.39 is 6.10 Å². The maximum absolute atomic E-state index is 13.0. The summed E-state index contributed by atoms with van der Waals surface area (Å²) in [6.45, 7) is 0.777. The Balaban J connectivity index is 1.75. The van der Waals surface area contributed by atoms with Crippen molar-refractivity contribution in [3.05, 3.63) is 48.0 Å². The van der Waals surface area contributed by atoms with E-state index in [1.54, 1.807) is 39.3 Å². The number of amides is 2. The molecule has 0 aromatic heterocycles. The third-order valence-electron chi connectivity index (χ3n) is 5.04. The second-order valence-corrected chi connectivity index (χ2v) is 6.97. The van der Waals surface area contributed by atoms with E-state index in [0.29, 0.717) is 30.3 Å². The minimum absolute atomic E-state index is 0.0905. The number of benzene rings is 2. The van der Waals surface area contributed by atoms with Crippen LogP contribution in [0.4, 0.5) is 5.69 Å². The van der Waals surface area contributed by atoms with Crippen molar-refractivity contribution in [2.45, 2.75) is 12.6 Å². The molecule has 2 aromatic rings. The van der Waals surface area contributed by atoms with Crippen LogP contribution in [0.5, 0.6) is 17.2 Å². The van der Waals surface area contributed by atoms with Gasteiger partial charge in [-0.05, 0) is 18.2 Å². The van der Waals surface area contributed by atoms with E-state index in [0.717, 1.165) is 11.3 Å². The standard InChI is InChI=1S/C22H27N3O5/c1-23-22(27)19-13-25(16-9-5-6-10-17(16)30-19)14-20(26)24(2)12-15-8-7-11-18(28-3)21(15)29-4/h5-11,19H,12-14H2,1-4H3,(H,23,27)/t19-/m0/s1. The normalized spacial score (nSPS) is 14.9. The molecular formula is C22H27N3O5. The summed E-state index contributed by atoms with van der Waals surface area (Å²) in [4.78, 5) is 28.6. The van der Waals surface area contributed by atoms with Crippen LogP contribution >= 0.6 is 0 Å². The maximum Gasteiger partial charge on any atom is 0.262 e. The lowest BCUT2D eigenvalue weighted by Gasteiger charge is -2.35. The lowest BCUT2D eigenvalue weighted by Crippen LogP contribution is -2.50. The Hall–Kier alpha value is -3.42. The van der Waals surface area contributed by atoms with E-state index >= 15 is 0 Å². The monoisotopic (exact) mass is 413 g/mol. The van der Waals surface area contributed by atoms with Crippen molar-refractivity contribution in [2.75, 3.05) is 46.3 Å². The number of ether oxygens (including phenoxy) is 3. The summed E-state index contributed by atoms with van der Waals surface area (Å²) < 4.78 is 16.6. The van der Waals surface area contributed by atoms with E-state index in [9.17, 15) is 9.59 Å². The summed E-state index contributed by atoms with van der Waals surface area (Å²) >= 11 is 0. The van der Waals surface area contributed by atoms with E-state index in [-0.39, 0.29) is 18.4 Å². The number of rotatable bonds is 7. The van der Waals surface area contributed by atoms with Crippen molar-refractivity contribution in [3.63, 3.8) is 0 Å². The topological polar surface area (TPSA) is 80.3 Å². The van der Waals surface area contributed by atoms with E-state index in [4.69, 9.17) is 14.2 Å². The highest BCUT2D eigenvalue weighted by molar-refractivity contribution is 5.86. The molecule has 30 heavy (non-hydrogen) atoms. The molecule has 0 fully saturated rings. The van der Waals surface area contributed by atoms with Gasteiger partial charge in [-0.25, -0.2) is 0 Å². The van der Waals surface area contributed by atoms with Crippen molar-refractivity contribution >= 4 is 17.5 Å². The SMILES string of the molecule is CNC(=O)[C@@H]1CN(CC(=O)N(C)Cc2cccc(OC)c2OC)c2ccccc2O1. The fraction of sp³-hybridized carbons (Fsp3) is 0.364. The molecule has 0 saturated carbocycles. The number of fused-ring (bicyclic) bond motifs is 1. The zero-order chi connectivity index (χ0) is 21.7. The average molecular weight is 413 g/mol. The highest BCUT2D eigenvalue weighted by atomic mass is 16.5. The zero-order valence-corrected chi connectivity index (χ0v) is 17.7. The van der Waals surface area contributed by atoms with Gasteiger partial charge in [0, 0.05) is 26.2 Å². The van der Waals surface area contributed by atoms with Gasteiger partial charge in [-0.1, -0.05) is 24.3 Å². The zero-order valence-electron chi connectivity index (χ0n) is 17.7. The number of nitrogens with zero attached hydrogens (tertiary/aromatic N) is 2. The molecule has 8 nitrogen and oxygen atoms in total. The minimum atomic E-state index is -0.679. The molecule has 2 aromatic carbocycles. The quantitative estimate of drug-likeness (QED) is 0.744. The van der Waals surface area contributed by atoms with Gasteiger partial charge in [-0.3, -0.25) is 9.59 Å². The largest absolute Gasteiger partial charge is 0.493 e. The molecule has 1 N–H and O–H groups in total. The van der Waals surface area contributed by atoms with Crippen molar-refractivity contribution in [2.24, 2.45) is 0 Å². The molecule has 0 saturated heterocycles. The van der Waals surface area contributed by atoms with E-state index in [1.165, 1.54) is 0 Å². The Morgan fingerprint density at radius 3 is 2.63 bits per heavy atom. The number of nitrogens with one attached hydrogen (secondary N) is 1. The molecule has 1 aliphatic heterocycles. The third kappa shape index (κ3) is 4.42. The number of para-hydroxylation sites is 3. The molecule has 0 aliphatic carbocycles. The van der Waals surface area contributed by atoms with Crippen molar-refractivity contribution in [1.29, 1.82) is 0 Å².